The maximum Gasteiger partial charge on any atom is 0.166 e. The number of hydrogen-bond donors (Lipinski definition) is 3. The van der Waals surface area contributed by atoms with Crippen LogP contribution in [0.1, 0.15) is 16.4 Å². The highest BCUT2D eigenvalue weighted by atomic mass is 32.1. The summed E-state index contributed by atoms with van der Waals surface area (Å²) in [6, 6.07) is 12.7. The number of aromatic amines is 1. The minimum atomic E-state index is 0.268. The van der Waals surface area contributed by atoms with E-state index in [1.54, 1.807) is 11.3 Å². The summed E-state index contributed by atoms with van der Waals surface area (Å²) in [5.74, 6) is 0.268. The summed E-state index contributed by atoms with van der Waals surface area (Å²) in [5.41, 5.74) is 2.48. The number of benzene rings is 1. The van der Waals surface area contributed by atoms with Gasteiger partial charge in [0.1, 0.15) is 0 Å². The number of hydrogen-bond acceptors (Lipinski definition) is 3. The molecule has 0 aliphatic carbocycles. The number of nitrogens with zero attached hydrogens (tertiary/aromatic N) is 1. The van der Waals surface area contributed by atoms with Crippen molar-refractivity contribution in [3.8, 4) is 0 Å². The second-order valence-electron chi connectivity index (χ2n) is 6.30. The van der Waals surface area contributed by atoms with Crippen LogP contribution < -0.4 is 10.6 Å². The van der Waals surface area contributed by atoms with E-state index in [1.807, 2.05) is 0 Å². The fourth-order valence-corrected chi connectivity index (χ4v) is 3.92. The van der Waals surface area contributed by atoms with Gasteiger partial charge in [-0.3, -0.25) is 0 Å². The number of fused-ring (bicyclic) bond motifs is 1. The fourth-order valence-electron chi connectivity index (χ4n) is 2.89. The van der Waals surface area contributed by atoms with Gasteiger partial charge in [-0.05, 0) is 49.4 Å². The molecule has 2 aromatic heterocycles. The molecule has 2 heterocycles. The van der Waals surface area contributed by atoms with E-state index in [9.17, 15) is 0 Å². The van der Waals surface area contributed by atoms with Crippen molar-refractivity contribution in [1.82, 2.24) is 20.5 Å². The Morgan fingerprint density at radius 3 is 2.80 bits per heavy atom. The van der Waals surface area contributed by atoms with Crippen LogP contribution in [0.3, 0.4) is 0 Å². The predicted octanol–water partition coefficient (Wildman–Crippen LogP) is 3.39. The number of H-pyrrole nitrogens is 1. The summed E-state index contributed by atoms with van der Waals surface area (Å²) < 4.78 is 0. The molecule has 0 saturated carbocycles. The largest absolute Gasteiger partial charge is 0.362 e. The first kappa shape index (κ1) is 17.9. The van der Waals surface area contributed by atoms with Crippen molar-refractivity contribution < 1.29 is 0 Å². The minimum absolute atomic E-state index is 0.268. The number of thiocarbonyl (C=S) groups is 1. The number of aromatic nitrogens is 1. The van der Waals surface area contributed by atoms with Crippen LogP contribution >= 0.6 is 23.6 Å². The molecule has 1 aromatic carbocycles. The number of nitrogens with one attached hydrogen (secondary N) is 3. The molecule has 0 aliphatic heterocycles. The molecule has 3 N–H and O–H groups in total. The normalized spacial score (nSPS) is 12.4. The highest BCUT2D eigenvalue weighted by molar-refractivity contribution is 7.80. The van der Waals surface area contributed by atoms with E-state index in [-0.39, 0.29) is 5.92 Å². The molecule has 0 fully saturated rings. The van der Waals surface area contributed by atoms with Crippen LogP contribution in [0, 0.1) is 0 Å². The van der Waals surface area contributed by atoms with E-state index in [0.29, 0.717) is 5.11 Å². The van der Waals surface area contributed by atoms with Crippen molar-refractivity contribution in [2.24, 2.45) is 0 Å². The zero-order valence-electron chi connectivity index (χ0n) is 14.6. The first-order valence-corrected chi connectivity index (χ1v) is 9.70. The second kappa shape index (κ2) is 8.47. The van der Waals surface area contributed by atoms with Gasteiger partial charge < -0.3 is 20.5 Å². The van der Waals surface area contributed by atoms with Crippen LogP contribution in [0.5, 0.6) is 0 Å². The summed E-state index contributed by atoms with van der Waals surface area (Å²) in [5, 5.41) is 10.8. The standard InChI is InChI=1S/C19H24N4S2/c1-23(2)10-9-20-19(24)22-13-16(18-8-5-11-25-18)15-12-21-17-7-4-3-6-14(15)17/h3-8,11-12,16,21H,9-10,13H2,1-2H3,(H2,20,22,24)/t16-/m1/s1. The summed E-state index contributed by atoms with van der Waals surface area (Å²) in [7, 11) is 4.12. The smallest absolute Gasteiger partial charge is 0.166 e. The molecule has 132 valence electrons. The van der Waals surface area contributed by atoms with Gasteiger partial charge in [-0.25, -0.2) is 0 Å². The topological polar surface area (TPSA) is 43.1 Å². The molecule has 25 heavy (non-hydrogen) atoms. The van der Waals surface area contributed by atoms with E-state index in [0.717, 1.165) is 19.6 Å². The Hall–Kier alpha value is -1.89. The van der Waals surface area contributed by atoms with Gasteiger partial charge in [-0.15, -0.1) is 11.3 Å². The van der Waals surface area contributed by atoms with Gasteiger partial charge >= 0.3 is 0 Å². The molecule has 3 rings (SSSR count). The Kier molecular flexibility index (Phi) is 6.07. The number of thiophene rings is 1. The molecule has 3 aromatic rings. The molecule has 0 amide bonds. The molecule has 6 heteroatoms. The van der Waals surface area contributed by atoms with Gasteiger partial charge in [0.05, 0.1) is 0 Å². The van der Waals surface area contributed by atoms with Gasteiger partial charge in [-0.2, -0.15) is 0 Å². The highest BCUT2D eigenvalue weighted by Crippen LogP contribution is 2.32. The van der Waals surface area contributed by atoms with E-state index >= 15 is 0 Å². The summed E-state index contributed by atoms with van der Waals surface area (Å²) >= 11 is 7.22. The lowest BCUT2D eigenvalue weighted by Gasteiger charge is -2.18. The van der Waals surface area contributed by atoms with E-state index in [2.05, 4.69) is 82.6 Å². The van der Waals surface area contributed by atoms with Crippen LogP contribution in [0.15, 0.2) is 48.0 Å². The predicted molar refractivity (Wildman–Crippen MR) is 112 cm³/mol. The average Bonchev–Trinajstić information content (AvgIpc) is 3.25. The van der Waals surface area contributed by atoms with E-state index in [4.69, 9.17) is 12.2 Å². The lowest BCUT2D eigenvalue weighted by molar-refractivity contribution is 0.412. The van der Waals surface area contributed by atoms with Crippen LogP contribution in [0.4, 0.5) is 0 Å². The van der Waals surface area contributed by atoms with Crippen molar-refractivity contribution in [1.29, 1.82) is 0 Å². The highest BCUT2D eigenvalue weighted by Gasteiger charge is 2.19. The Labute approximate surface area is 158 Å². The van der Waals surface area contributed by atoms with Crippen LogP contribution in [-0.4, -0.2) is 48.7 Å². The molecule has 0 spiro atoms. The third kappa shape index (κ3) is 4.60. The second-order valence-corrected chi connectivity index (χ2v) is 7.69. The van der Waals surface area contributed by atoms with Crippen molar-refractivity contribution in [3.63, 3.8) is 0 Å². The van der Waals surface area contributed by atoms with Gasteiger partial charge in [0.25, 0.3) is 0 Å². The maximum atomic E-state index is 5.43. The molecular weight excluding hydrogens is 348 g/mol. The third-order valence-corrected chi connectivity index (χ3v) is 5.47. The SMILES string of the molecule is CN(C)CCNC(=S)NC[C@@H](c1cccs1)c1c[nH]c2ccccc12. The molecule has 0 aliphatic rings. The number of likely N-dealkylation sites (N-methyl/N-ethyl adjacent to an activating group) is 1. The molecule has 4 nitrogen and oxygen atoms in total. The number of rotatable bonds is 7. The quantitative estimate of drug-likeness (QED) is 0.556. The molecule has 1 atom stereocenters. The molecule has 0 radical (unpaired) electrons. The van der Waals surface area contributed by atoms with E-state index < -0.39 is 0 Å². The first-order valence-electron chi connectivity index (χ1n) is 8.41. The maximum absolute atomic E-state index is 5.43. The van der Waals surface area contributed by atoms with E-state index in [1.165, 1.54) is 21.3 Å². The summed E-state index contributed by atoms with van der Waals surface area (Å²) in [6.07, 6.45) is 2.12. The average molecular weight is 373 g/mol. The van der Waals surface area contributed by atoms with Crippen LogP contribution in [0.2, 0.25) is 0 Å². The van der Waals surface area contributed by atoms with Crippen LogP contribution in [0.25, 0.3) is 10.9 Å². The summed E-state index contributed by atoms with van der Waals surface area (Å²) in [6.45, 7) is 2.57. The van der Waals surface area contributed by atoms with Gasteiger partial charge in [0, 0.05) is 47.5 Å². The Balaban J connectivity index is 1.72. The van der Waals surface area contributed by atoms with Crippen molar-refractivity contribution in [3.05, 3.63) is 58.4 Å². The lowest BCUT2D eigenvalue weighted by Crippen LogP contribution is -2.40. The number of para-hydroxylation sites is 1. The summed E-state index contributed by atoms with van der Waals surface area (Å²) in [4.78, 5) is 6.86. The Morgan fingerprint density at radius 2 is 2.04 bits per heavy atom. The molecular formula is C19H24N4S2. The third-order valence-electron chi connectivity index (χ3n) is 4.19. The fraction of sp³-hybridized carbons (Fsp3) is 0.316. The van der Waals surface area contributed by atoms with Crippen molar-refractivity contribution in [2.75, 3.05) is 33.7 Å². The van der Waals surface area contributed by atoms with Gasteiger partial charge in [0.15, 0.2) is 5.11 Å². The zero-order valence-corrected chi connectivity index (χ0v) is 16.2. The van der Waals surface area contributed by atoms with Gasteiger partial charge in [-0.1, -0.05) is 24.3 Å². The Bertz CT molecular complexity index is 808. The van der Waals surface area contributed by atoms with Gasteiger partial charge in [0.2, 0.25) is 0 Å². The molecule has 0 saturated heterocycles. The molecule has 0 unspecified atom stereocenters. The monoisotopic (exact) mass is 372 g/mol. The zero-order chi connectivity index (χ0) is 17.6. The molecule has 0 bridgehead atoms. The minimum Gasteiger partial charge on any atom is -0.362 e. The lowest BCUT2D eigenvalue weighted by atomic mass is 9.97. The first-order chi connectivity index (χ1) is 12.1. The van der Waals surface area contributed by atoms with Crippen molar-refractivity contribution in [2.45, 2.75) is 5.92 Å². The Morgan fingerprint density at radius 1 is 1.20 bits per heavy atom. The van der Waals surface area contributed by atoms with Crippen LogP contribution in [-0.2, 0) is 0 Å². The van der Waals surface area contributed by atoms with Crippen molar-refractivity contribution >= 4 is 39.6 Å².